The predicted molar refractivity (Wildman–Crippen MR) is 70.2 cm³/mol. The number of nitrogens with zero attached hydrogens (tertiary/aromatic N) is 2. The lowest BCUT2D eigenvalue weighted by atomic mass is 10.2. The van der Waals surface area contributed by atoms with Gasteiger partial charge < -0.3 is 0 Å². The van der Waals surface area contributed by atoms with Gasteiger partial charge in [0.2, 0.25) is 0 Å². The molecule has 0 aliphatic rings. The average molecular weight is 344 g/mol. The molecular weight excluding hydrogens is 336 g/mol. The molecule has 0 aliphatic carbocycles. The third-order valence-electron chi connectivity index (χ3n) is 2.23. The number of fused-ring (bicyclic) bond motifs is 1. The predicted octanol–water partition coefficient (Wildman–Crippen LogP) is 3.23. The van der Waals surface area contributed by atoms with E-state index in [0.29, 0.717) is 16.2 Å². The van der Waals surface area contributed by atoms with Crippen molar-refractivity contribution >= 4 is 49.2 Å². The molecule has 16 heavy (non-hydrogen) atoms. The van der Waals surface area contributed by atoms with Crippen molar-refractivity contribution in [2.75, 3.05) is 0 Å². The molecule has 0 amide bonds. The first-order valence-electron chi connectivity index (χ1n) is 4.65. The molecular formula is C11H8Br2N2O. The Balaban J connectivity index is 2.68. The summed E-state index contributed by atoms with van der Waals surface area (Å²) in [5.41, 5.74) is 4.00. The van der Waals surface area contributed by atoms with Gasteiger partial charge in [-0.3, -0.25) is 4.79 Å². The Bertz CT molecular complexity index is 543. The van der Waals surface area contributed by atoms with E-state index < -0.39 is 0 Å². The second kappa shape index (κ2) is 5.01. The first-order valence-corrected chi connectivity index (χ1v) is 6.89. The van der Waals surface area contributed by atoms with Gasteiger partial charge >= 0.3 is 0 Å². The van der Waals surface area contributed by atoms with Crippen molar-refractivity contribution in [3.8, 4) is 0 Å². The van der Waals surface area contributed by atoms with Crippen molar-refractivity contribution in [2.45, 2.75) is 10.7 Å². The average Bonchev–Trinajstić information content (AvgIpc) is 2.36. The van der Waals surface area contributed by atoms with Gasteiger partial charge in [0.25, 0.3) is 0 Å². The van der Waals surface area contributed by atoms with Crippen LogP contribution in [0.5, 0.6) is 0 Å². The van der Waals surface area contributed by atoms with E-state index in [0.717, 1.165) is 28.7 Å². The van der Waals surface area contributed by atoms with Crippen molar-refractivity contribution in [1.29, 1.82) is 0 Å². The monoisotopic (exact) mass is 342 g/mol. The summed E-state index contributed by atoms with van der Waals surface area (Å²) in [6, 6.07) is 5.31. The molecule has 0 saturated carbocycles. The first-order chi connectivity index (χ1) is 7.78. The number of halogens is 2. The summed E-state index contributed by atoms with van der Waals surface area (Å²) in [5, 5.41) is 1.33. The number of aromatic nitrogens is 2. The van der Waals surface area contributed by atoms with Crippen LogP contribution in [0.15, 0.2) is 18.2 Å². The molecule has 2 rings (SSSR count). The minimum absolute atomic E-state index is 0.619. The van der Waals surface area contributed by atoms with Crippen LogP contribution in [0.2, 0.25) is 0 Å². The van der Waals surface area contributed by atoms with Crippen molar-refractivity contribution in [2.24, 2.45) is 0 Å². The maximum absolute atomic E-state index is 10.7. The maximum Gasteiger partial charge on any atom is 0.150 e. The highest BCUT2D eigenvalue weighted by Crippen LogP contribution is 2.18. The van der Waals surface area contributed by atoms with Gasteiger partial charge in [0.1, 0.15) is 6.29 Å². The van der Waals surface area contributed by atoms with Crippen LogP contribution in [-0.4, -0.2) is 16.3 Å². The van der Waals surface area contributed by atoms with Crippen LogP contribution in [0.1, 0.15) is 21.7 Å². The smallest absolute Gasteiger partial charge is 0.150 e. The van der Waals surface area contributed by atoms with Crippen LogP contribution >= 0.6 is 31.9 Å². The number of hydrogen-bond acceptors (Lipinski definition) is 3. The molecule has 0 saturated heterocycles. The van der Waals surface area contributed by atoms with E-state index in [4.69, 9.17) is 0 Å². The molecule has 0 aliphatic heterocycles. The van der Waals surface area contributed by atoms with E-state index in [-0.39, 0.29) is 0 Å². The van der Waals surface area contributed by atoms with E-state index in [1.165, 1.54) is 0 Å². The molecule has 0 N–H and O–H groups in total. The Kier molecular flexibility index (Phi) is 3.66. The van der Waals surface area contributed by atoms with Crippen LogP contribution in [0.25, 0.3) is 11.0 Å². The van der Waals surface area contributed by atoms with Gasteiger partial charge in [0.15, 0.2) is 0 Å². The van der Waals surface area contributed by atoms with Gasteiger partial charge in [-0.2, -0.15) is 0 Å². The Morgan fingerprint density at radius 1 is 1.06 bits per heavy atom. The summed E-state index contributed by atoms with van der Waals surface area (Å²) >= 11 is 6.76. The SMILES string of the molecule is O=Cc1ccc2nc(CBr)c(CBr)nc2c1. The highest BCUT2D eigenvalue weighted by atomic mass is 79.9. The van der Waals surface area contributed by atoms with E-state index >= 15 is 0 Å². The summed E-state index contributed by atoms with van der Waals surface area (Å²) in [6.07, 6.45) is 0.813. The number of carbonyl (C=O) groups excluding carboxylic acids is 1. The lowest BCUT2D eigenvalue weighted by Crippen LogP contribution is -1.98. The highest BCUT2D eigenvalue weighted by molar-refractivity contribution is 9.09. The second-order valence-corrected chi connectivity index (χ2v) is 4.37. The molecule has 5 heteroatoms. The largest absolute Gasteiger partial charge is 0.298 e. The third kappa shape index (κ3) is 2.15. The fourth-order valence-corrected chi connectivity index (χ4v) is 2.33. The number of hydrogen-bond donors (Lipinski definition) is 0. The first kappa shape index (κ1) is 11.7. The topological polar surface area (TPSA) is 42.9 Å². The van der Waals surface area contributed by atoms with Crippen LogP contribution in [-0.2, 0) is 10.7 Å². The molecule has 0 fully saturated rings. The van der Waals surface area contributed by atoms with E-state index in [1.54, 1.807) is 12.1 Å². The van der Waals surface area contributed by atoms with Gasteiger partial charge in [0.05, 0.1) is 22.4 Å². The summed E-state index contributed by atoms with van der Waals surface area (Å²) in [7, 11) is 0. The molecule has 0 bridgehead atoms. The van der Waals surface area contributed by atoms with Gasteiger partial charge in [0, 0.05) is 16.2 Å². The fraction of sp³-hybridized carbons (Fsp3) is 0.182. The zero-order valence-electron chi connectivity index (χ0n) is 8.28. The number of carbonyl (C=O) groups is 1. The zero-order valence-corrected chi connectivity index (χ0v) is 11.5. The summed E-state index contributed by atoms with van der Waals surface area (Å²) in [4.78, 5) is 19.6. The van der Waals surface area contributed by atoms with Gasteiger partial charge in [-0.1, -0.05) is 31.9 Å². The van der Waals surface area contributed by atoms with Crippen LogP contribution in [0.4, 0.5) is 0 Å². The number of aldehydes is 1. The molecule has 1 aromatic heterocycles. The van der Waals surface area contributed by atoms with Gasteiger partial charge in [-0.05, 0) is 18.2 Å². The molecule has 1 heterocycles. The Morgan fingerprint density at radius 2 is 1.69 bits per heavy atom. The summed E-state index contributed by atoms with van der Waals surface area (Å²) < 4.78 is 0. The van der Waals surface area contributed by atoms with Crippen molar-refractivity contribution in [3.63, 3.8) is 0 Å². The Labute approximate surface area is 110 Å². The second-order valence-electron chi connectivity index (χ2n) is 3.25. The zero-order chi connectivity index (χ0) is 11.5. The Morgan fingerprint density at radius 3 is 2.25 bits per heavy atom. The summed E-state index contributed by atoms with van der Waals surface area (Å²) in [5.74, 6) is 0. The number of benzene rings is 1. The van der Waals surface area contributed by atoms with Crippen LogP contribution in [0, 0.1) is 0 Å². The van der Waals surface area contributed by atoms with Crippen molar-refractivity contribution in [3.05, 3.63) is 35.2 Å². The van der Waals surface area contributed by atoms with E-state index in [2.05, 4.69) is 41.8 Å². The third-order valence-corrected chi connectivity index (χ3v) is 3.29. The molecule has 2 aromatic rings. The maximum atomic E-state index is 10.7. The molecule has 0 unspecified atom stereocenters. The number of rotatable bonds is 3. The van der Waals surface area contributed by atoms with Gasteiger partial charge in [-0.15, -0.1) is 0 Å². The Hall–Kier alpha value is -0.810. The lowest BCUT2D eigenvalue weighted by Gasteiger charge is -2.05. The van der Waals surface area contributed by atoms with E-state index in [1.807, 2.05) is 6.07 Å². The minimum atomic E-state index is 0.619. The van der Waals surface area contributed by atoms with Crippen LogP contribution < -0.4 is 0 Å². The highest BCUT2D eigenvalue weighted by Gasteiger charge is 2.07. The molecule has 0 radical (unpaired) electrons. The standard InChI is InChI=1S/C11H8Br2N2O/c12-4-10-11(5-13)15-9-3-7(6-16)1-2-8(9)14-10/h1-3,6H,4-5H2. The minimum Gasteiger partial charge on any atom is -0.298 e. The molecule has 3 nitrogen and oxygen atoms in total. The van der Waals surface area contributed by atoms with Crippen LogP contribution in [0.3, 0.4) is 0 Å². The molecule has 0 spiro atoms. The lowest BCUT2D eigenvalue weighted by molar-refractivity contribution is 0.112. The summed E-state index contributed by atoms with van der Waals surface area (Å²) in [6.45, 7) is 0. The molecule has 82 valence electrons. The van der Waals surface area contributed by atoms with Crippen molar-refractivity contribution in [1.82, 2.24) is 9.97 Å². The molecule has 1 aromatic carbocycles. The number of alkyl halides is 2. The quantitative estimate of drug-likeness (QED) is 0.634. The van der Waals surface area contributed by atoms with Gasteiger partial charge in [-0.25, -0.2) is 9.97 Å². The fourth-order valence-electron chi connectivity index (χ4n) is 1.43. The van der Waals surface area contributed by atoms with E-state index in [9.17, 15) is 4.79 Å². The molecule has 0 atom stereocenters. The normalized spacial score (nSPS) is 10.6. The van der Waals surface area contributed by atoms with Crippen molar-refractivity contribution < 1.29 is 4.79 Å².